The van der Waals surface area contributed by atoms with Crippen LogP contribution in [0, 0.1) is 11.8 Å². The van der Waals surface area contributed by atoms with E-state index in [1.165, 1.54) is 31.2 Å². The average molecular weight is 280 g/mol. The first-order valence-electron chi connectivity index (χ1n) is 7.38. The molecule has 0 aromatic heterocycles. The predicted molar refractivity (Wildman–Crippen MR) is 78.3 cm³/mol. The van der Waals surface area contributed by atoms with Gasteiger partial charge in [0.05, 0.1) is 13.2 Å². The minimum Gasteiger partial charge on any atom is -0.375 e. The van der Waals surface area contributed by atoms with Gasteiger partial charge in [0.2, 0.25) is 0 Å². The minimum atomic E-state index is 0.677. The van der Waals surface area contributed by atoms with Crippen molar-refractivity contribution in [3.8, 4) is 0 Å². The van der Waals surface area contributed by atoms with Crippen LogP contribution in [0.4, 0.5) is 0 Å². The fourth-order valence-corrected chi connectivity index (χ4v) is 2.82. The smallest absolute Gasteiger partial charge is 0.0717 e. The molecule has 0 bridgehead atoms. The van der Waals surface area contributed by atoms with Gasteiger partial charge in [-0.15, -0.1) is 0 Å². The second-order valence-electron chi connectivity index (χ2n) is 5.83. The van der Waals surface area contributed by atoms with Crippen LogP contribution in [0.25, 0.3) is 0 Å². The fraction of sp³-hybridized carbons (Fsp3) is 0.625. The number of nitrogens with one attached hydrogen (secondary N) is 1. The first-order valence-corrected chi connectivity index (χ1v) is 7.76. The van der Waals surface area contributed by atoms with E-state index >= 15 is 0 Å². The zero-order valence-electron chi connectivity index (χ0n) is 11.3. The number of hydrogen-bond donors (Lipinski definition) is 1. The van der Waals surface area contributed by atoms with E-state index < -0.39 is 0 Å². The maximum absolute atomic E-state index is 5.85. The molecule has 2 aliphatic carbocycles. The molecule has 0 spiro atoms. The molecule has 19 heavy (non-hydrogen) atoms. The van der Waals surface area contributed by atoms with Crippen molar-refractivity contribution >= 4 is 11.6 Å². The summed E-state index contributed by atoms with van der Waals surface area (Å²) in [5.41, 5.74) is 1.19. The molecular formula is C16H22ClNO. The van der Waals surface area contributed by atoms with E-state index in [2.05, 4.69) is 5.32 Å². The van der Waals surface area contributed by atoms with Gasteiger partial charge in [0.25, 0.3) is 0 Å². The molecule has 0 heterocycles. The molecular weight excluding hydrogens is 258 g/mol. The van der Waals surface area contributed by atoms with Gasteiger partial charge in [-0.1, -0.05) is 23.7 Å². The Kier molecular flexibility index (Phi) is 4.42. The molecule has 0 radical (unpaired) electrons. The van der Waals surface area contributed by atoms with E-state index in [9.17, 15) is 0 Å². The lowest BCUT2D eigenvalue weighted by molar-refractivity contribution is 0.119. The van der Waals surface area contributed by atoms with Crippen molar-refractivity contribution in [2.75, 3.05) is 13.2 Å². The Morgan fingerprint density at radius 3 is 2.32 bits per heavy atom. The number of benzene rings is 1. The standard InChI is InChI=1S/C16H22ClNO/c17-15-7-1-12(2-8-15)11-19-10-9-18-16(13-3-4-13)14-5-6-14/h1-2,7-8,13-14,16,18H,3-6,9-11H2. The van der Waals surface area contributed by atoms with Gasteiger partial charge in [-0.25, -0.2) is 0 Å². The van der Waals surface area contributed by atoms with Crippen LogP contribution in [-0.2, 0) is 11.3 Å². The molecule has 2 fully saturated rings. The number of halogens is 1. The zero-order chi connectivity index (χ0) is 13.1. The molecule has 0 aliphatic heterocycles. The molecule has 1 aromatic rings. The summed E-state index contributed by atoms with van der Waals surface area (Å²) in [5.74, 6) is 1.92. The van der Waals surface area contributed by atoms with Crippen LogP contribution in [-0.4, -0.2) is 19.2 Å². The monoisotopic (exact) mass is 279 g/mol. The van der Waals surface area contributed by atoms with E-state index in [1.54, 1.807) is 0 Å². The SMILES string of the molecule is Clc1ccc(COCCNC(C2CC2)C2CC2)cc1. The quantitative estimate of drug-likeness (QED) is 0.734. The molecule has 1 aromatic carbocycles. The van der Waals surface area contributed by atoms with Gasteiger partial charge in [-0.3, -0.25) is 0 Å². The zero-order valence-corrected chi connectivity index (χ0v) is 12.0. The molecule has 0 unspecified atom stereocenters. The Morgan fingerprint density at radius 1 is 1.11 bits per heavy atom. The van der Waals surface area contributed by atoms with Gasteiger partial charge in [0.15, 0.2) is 0 Å². The molecule has 2 saturated carbocycles. The summed E-state index contributed by atoms with van der Waals surface area (Å²) in [4.78, 5) is 0. The Hall–Kier alpha value is -0.570. The first kappa shape index (κ1) is 13.4. The Balaban J connectivity index is 1.31. The Bertz CT molecular complexity index is 386. The summed E-state index contributed by atoms with van der Waals surface area (Å²) in [6, 6.07) is 8.64. The highest BCUT2D eigenvalue weighted by molar-refractivity contribution is 6.30. The highest BCUT2D eigenvalue weighted by Gasteiger charge is 2.40. The second kappa shape index (κ2) is 6.25. The normalized spacial score (nSPS) is 19.1. The third-order valence-corrected chi connectivity index (χ3v) is 4.32. The molecule has 2 nitrogen and oxygen atoms in total. The molecule has 3 heteroatoms. The molecule has 2 aliphatic rings. The van der Waals surface area contributed by atoms with Gasteiger partial charge in [-0.05, 0) is 55.2 Å². The third-order valence-electron chi connectivity index (χ3n) is 4.07. The van der Waals surface area contributed by atoms with Crippen LogP contribution in [0.5, 0.6) is 0 Å². The highest BCUT2D eigenvalue weighted by atomic mass is 35.5. The van der Waals surface area contributed by atoms with E-state index in [-0.39, 0.29) is 0 Å². The molecule has 0 saturated heterocycles. The van der Waals surface area contributed by atoms with Crippen molar-refractivity contribution in [2.45, 2.75) is 38.3 Å². The molecule has 1 N–H and O–H groups in total. The molecule has 104 valence electrons. The fourth-order valence-electron chi connectivity index (χ4n) is 2.70. The maximum atomic E-state index is 5.85. The van der Waals surface area contributed by atoms with Gasteiger partial charge in [0.1, 0.15) is 0 Å². The van der Waals surface area contributed by atoms with Crippen LogP contribution >= 0.6 is 11.6 Å². The summed E-state index contributed by atoms with van der Waals surface area (Å²) in [6.07, 6.45) is 5.72. The average Bonchev–Trinajstić information content (AvgIpc) is 3.28. The van der Waals surface area contributed by atoms with Gasteiger partial charge < -0.3 is 10.1 Å². The van der Waals surface area contributed by atoms with Crippen molar-refractivity contribution < 1.29 is 4.74 Å². The van der Waals surface area contributed by atoms with Crippen LogP contribution in [0.15, 0.2) is 24.3 Å². The highest BCUT2D eigenvalue weighted by Crippen LogP contribution is 2.44. The molecule has 0 atom stereocenters. The number of rotatable bonds is 8. The lowest BCUT2D eigenvalue weighted by Gasteiger charge is -2.17. The van der Waals surface area contributed by atoms with Crippen molar-refractivity contribution in [1.82, 2.24) is 5.32 Å². The Morgan fingerprint density at radius 2 is 1.74 bits per heavy atom. The van der Waals surface area contributed by atoms with E-state index in [0.717, 1.165) is 36.1 Å². The van der Waals surface area contributed by atoms with Crippen molar-refractivity contribution in [1.29, 1.82) is 0 Å². The number of ether oxygens (including phenoxy) is 1. The second-order valence-corrected chi connectivity index (χ2v) is 6.27. The number of hydrogen-bond acceptors (Lipinski definition) is 2. The van der Waals surface area contributed by atoms with Crippen LogP contribution in [0.2, 0.25) is 5.02 Å². The summed E-state index contributed by atoms with van der Waals surface area (Å²) in [7, 11) is 0. The third kappa shape index (κ3) is 4.20. The van der Waals surface area contributed by atoms with E-state index in [4.69, 9.17) is 16.3 Å². The summed E-state index contributed by atoms with van der Waals surface area (Å²) < 4.78 is 5.70. The van der Waals surface area contributed by atoms with Crippen LogP contribution in [0.1, 0.15) is 31.2 Å². The predicted octanol–water partition coefficient (Wildman–Crippen LogP) is 3.63. The lowest BCUT2D eigenvalue weighted by Crippen LogP contribution is -2.35. The van der Waals surface area contributed by atoms with Crippen molar-refractivity contribution in [3.05, 3.63) is 34.9 Å². The largest absolute Gasteiger partial charge is 0.375 e. The van der Waals surface area contributed by atoms with Crippen LogP contribution < -0.4 is 5.32 Å². The maximum Gasteiger partial charge on any atom is 0.0717 e. The lowest BCUT2D eigenvalue weighted by atomic mass is 10.1. The summed E-state index contributed by atoms with van der Waals surface area (Å²) >= 11 is 5.85. The van der Waals surface area contributed by atoms with Crippen molar-refractivity contribution in [2.24, 2.45) is 11.8 Å². The molecule has 0 amide bonds. The van der Waals surface area contributed by atoms with Gasteiger partial charge in [-0.2, -0.15) is 0 Å². The van der Waals surface area contributed by atoms with Gasteiger partial charge >= 0.3 is 0 Å². The van der Waals surface area contributed by atoms with Crippen molar-refractivity contribution in [3.63, 3.8) is 0 Å². The minimum absolute atomic E-state index is 0.677. The van der Waals surface area contributed by atoms with E-state index in [0.29, 0.717) is 6.61 Å². The first-order chi connectivity index (χ1) is 9.33. The van der Waals surface area contributed by atoms with Crippen LogP contribution in [0.3, 0.4) is 0 Å². The summed E-state index contributed by atoms with van der Waals surface area (Å²) in [6.45, 7) is 2.44. The topological polar surface area (TPSA) is 21.3 Å². The Labute approximate surface area is 120 Å². The van der Waals surface area contributed by atoms with E-state index in [1.807, 2.05) is 24.3 Å². The summed E-state index contributed by atoms with van der Waals surface area (Å²) in [5, 5.41) is 4.47. The molecule has 3 rings (SSSR count). The van der Waals surface area contributed by atoms with Gasteiger partial charge in [0, 0.05) is 17.6 Å².